The van der Waals surface area contributed by atoms with Crippen LogP contribution in [0.3, 0.4) is 0 Å². The molecule has 2 aliphatic carbocycles. The molecule has 0 aromatic heterocycles. The number of hydrogen-bond donors (Lipinski definition) is 1. The van der Waals surface area contributed by atoms with Crippen LogP contribution in [-0.4, -0.2) is 6.04 Å². The van der Waals surface area contributed by atoms with Gasteiger partial charge in [0.25, 0.3) is 0 Å². The minimum absolute atomic E-state index is 0.557. The summed E-state index contributed by atoms with van der Waals surface area (Å²) in [5, 5.41) is 4.01. The molecule has 2 fully saturated rings. The average Bonchev–Trinajstić information content (AvgIpc) is 2.55. The zero-order valence-electron chi connectivity index (χ0n) is 13.6. The molecule has 0 radical (unpaired) electrons. The predicted octanol–water partition coefficient (Wildman–Crippen LogP) is 5.48. The van der Waals surface area contributed by atoms with Gasteiger partial charge >= 0.3 is 0 Å². The van der Waals surface area contributed by atoms with Gasteiger partial charge in [0.15, 0.2) is 0 Å². The molecule has 4 unspecified atom stereocenters. The van der Waals surface area contributed by atoms with E-state index in [4.69, 9.17) is 0 Å². The molecule has 2 saturated carbocycles. The van der Waals surface area contributed by atoms with Crippen molar-refractivity contribution >= 4 is 0 Å². The van der Waals surface area contributed by atoms with Crippen LogP contribution in [-0.2, 0) is 0 Å². The first-order valence-electron chi connectivity index (χ1n) is 9.17. The molecule has 1 nitrogen and oxygen atoms in total. The molecule has 0 amide bonds. The van der Waals surface area contributed by atoms with E-state index in [1.54, 1.807) is 0 Å². The largest absolute Gasteiger partial charge is 0.307 e. The average molecular weight is 285 g/mol. The molecule has 1 aromatic rings. The molecule has 4 atom stereocenters. The highest BCUT2D eigenvalue weighted by Gasteiger charge is 2.32. The van der Waals surface area contributed by atoms with Gasteiger partial charge < -0.3 is 5.32 Å². The Morgan fingerprint density at radius 2 is 1.76 bits per heavy atom. The molecule has 116 valence electrons. The monoisotopic (exact) mass is 285 g/mol. The lowest BCUT2D eigenvalue weighted by molar-refractivity contribution is 0.137. The third-order valence-electron chi connectivity index (χ3n) is 5.76. The van der Waals surface area contributed by atoms with E-state index in [-0.39, 0.29) is 0 Å². The number of benzene rings is 1. The van der Waals surface area contributed by atoms with Crippen LogP contribution in [0.1, 0.15) is 76.3 Å². The first-order valence-corrected chi connectivity index (χ1v) is 9.17. The summed E-state index contributed by atoms with van der Waals surface area (Å²) in [5.74, 6) is 2.07. The van der Waals surface area contributed by atoms with Crippen LogP contribution in [0.15, 0.2) is 30.3 Å². The van der Waals surface area contributed by atoms with E-state index in [9.17, 15) is 0 Å². The summed E-state index contributed by atoms with van der Waals surface area (Å²) in [5.41, 5.74) is 1.48. The van der Waals surface area contributed by atoms with Gasteiger partial charge in [-0.15, -0.1) is 0 Å². The van der Waals surface area contributed by atoms with Crippen LogP contribution in [0.25, 0.3) is 0 Å². The van der Waals surface area contributed by atoms with Gasteiger partial charge in [0.1, 0.15) is 0 Å². The Morgan fingerprint density at radius 1 is 1.00 bits per heavy atom. The maximum atomic E-state index is 4.01. The highest BCUT2D eigenvalue weighted by Crippen LogP contribution is 2.41. The maximum Gasteiger partial charge on any atom is 0.0322 e. The van der Waals surface area contributed by atoms with E-state index in [0.717, 1.165) is 17.9 Å². The van der Waals surface area contributed by atoms with E-state index < -0.39 is 0 Å². The minimum Gasteiger partial charge on any atom is -0.307 e. The summed E-state index contributed by atoms with van der Waals surface area (Å²) in [6.45, 7) is 2.30. The Kier molecular flexibility index (Phi) is 5.35. The van der Waals surface area contributed by atoms with Crippen LogP contribution in [0.5, 0.6) is 0 Å². The molecule has 1 N–H and O–H groups in total. The normalized spacial score (nSPS) is 30.6. The van der Waals surface area contributed by atoms with Crippen LogP contribution in [0.4, 0.5) is 0 Å². The van der Waals surface area contributed by atoms with Gasteiger partial charge in [-0.05, 0) is 43.1 Å². The van der Waals surface area contributed by atoms with E-state index >= 15 is 0 Å². The molecule has 0 bridgehead atoms. The van der Waals surface area contributed by atoms with Crippen molar-refractivity contribution in [3.8, 4) is 0 Å². The van der Waals surface area contributed by atoms with Gasteiger partial charge in [-0.1, -0.05) is 69.4 Å². The van der Waals surface area contributed by atoms with Gasteiger partial charge in [-0.2, -0.15) is 0 Å². The zero-order chi connectivity index (χ0) is 14.5. The molecule has 0 aliphatic heterocycles. The first kappa shape index (κ1) is 15.1. The minimum atomic E-state index is 0.557. The second-order valence-electron chi connectivity index (χ2n) is 7.23. The second kappa shape index (κ2) is 7.45. The molecule has 21 heavy (non-hydrogen) atoms. The van der Waals surface area contributed by atoms with Crippen molar-refractivity contribution in [1.82, 2.24) is 5.32 Å². The van der Waals surface area contributed by atoms with Crippen molar-refractivity contribution in [2.24, 2.45) is 11.8 Å². The van der Waals surface area contributed by atoms with Gasteiger partial charge in [-0.3, -0.25) is 0 Å². The fraction of sp³-hybridized carbons (Fsp3) is 0.700. The second-order valence-corrected chi connectivity index (χ2v) is 7.23. The van der Waals surface area contributed by atoms with Crippen molar-refractivity contribution in [3.63, 3.8) is 0 Å². The van der Waals surface area contributed by atoms with E-state index in [2.05, 4.69) is 42.6 Å². The molecule has 0 saturated heterocycles. The molecule has 1 aromatic carbocycles. The quantitative estimate of drug-likeness (QED) is 0.755. The van der Waals surface area contributed by atoms with Crippen LogP contribution < -0.4 is 5.32 Å². The van der Waals surface area contributed by atoms with Gasteiger partial charge in [0.2, 0.25) is 0 Å². The Bertz CT molecular complexity index is 413. The van der Waals surface area contributed by atoms with Crippen molar-refractivity contribution < 1.29 is 0 Å². The van der Waals surface area contributed by atoms with Crippen molar-refractivity contribution in [3.05, 3.63) is 35.9 Å². The maximum absolute atomic E-state index is 4.01. The topological polar surface area (TPSA) is 12.0 Å². The fourth-order valence-electron chi connectivity index (χ4n) is 4.63. The molecule has 3 rings (SSSR count). The van der Waals surface area contributed by atoms with Gasteiger partial charge in [0, 0.05) is 12.1 Å². The number of fused-ring (bicyclic) bond motifs is 1. The first-order chi connectivity index (χ1) is 10.4. The number of nitrogens with one attached hydrogen (secondary N) is 1. The highest BCUT2D eigenvalue weighted by molar-refractivity contribution is 5.19. The summed E-state index contributed by atoms with van der Waals surface area (Å²) >= 11 is 0. The molecule has 2 aliphatic rings. The lowest BCUT2D eigenvalue weighted by atomic mass is 9.69. The molecule has 0 heterocycles. The summed E-state index contributed by atoms with van der Waals surface area (Å²) < 4.78 is 0. The highest BCUT2D eigenvalue weighted by atomic mass is 15.0. The smallest absolute Gasteiger partial charge is 0.0322 e. The summed E-state index contributed by atoms with van der Waals surface area (Å²) in [6.07, 6.45) is 12.8. The SMILES string of the molecule is CCCC(NC1CCC2CCCCC2C1)c1ccccc1. The van der Waals surface area contributed by atoms with E-state index in [1.165, 1.54) is 63.4 Å². The van der Waals surface area contributed by atoms with Crippen LogP contribution in [0, 0.1) is 11.8 Å². The molecule has 1 heteroatoms. The lowest BCUT2D eigenvalue weighted by Gasteiger charge is -2.40. The van der Waals surface area contributed by atoms with Gasteiger partial charge in [-0.25, -0.2) is 0 Å². The van der Waals surface area contributed by atoms with E-state index in [1.807, 2.05) is 0 Å². The molecular weight excluding hydrogens is 254 g/mol. The standard InChI is InChI=1S/C20H31N/c1-2-8-20(17-10-4-3-5-11-17)21-19-14-13-16-9-6-7-12-18(16)15-19/h3-5,10-11,16,18-21H,2,6-9,12-15H2,1H3. The number of rotatable bonds is 5. The van der Waals surface area contributed by atoms with Gasteiger partial charge in [0.05, 0.1) is 0 Å². The summed E-state index contributed by atoms with van der Waals surface area (Å²) in [6, 6.07) is 12.4. The molecule has 0 spiro atoms. The predicted molar refractivity (Wildman–Crippen MR) is 90.3 cm³/mol. The van der Waals surface area contributed by atoms with Crippen LogP contribution in [0.2, 0.25) is 0 Å². The molecular formula is C20H31N. The third-order valence-corrected chi connectivity index (χ3v) is 5.76. The summed E-state index contributed by atoms with van der Waals surface area (Å²) in [4.78, 5) is 0. The Morgan fingerprint density at radius 3 is 2.52 bits per heavy atom. The summed E-state index contributed by atoms with van der Waals surface area (Å²) in [7, 11) is 0. The zero-order valence-corrected chi connectivity index (χ0v) is 13.6. The fourth-order valence-corrected chi connectivity index (χ4v) is 4.63. The van der Waals surface area contributed by atoms with Crippen molar-refractivity contribution in [2.75, 3.05) is 0 Å². The lowest BCUT2D eigenvalue weighted by Crippen LogP contribution is -2.40. The van der Waals surface area contributed by atoms with Crippen molar-refractivity contribution in [2.45, 2.75) is 76.8 Å². The van der Waals surface area contributed by atoms with Crippen LogP contribution >= 0.6 is 0 Å². The van der Waals surface area contributed by atoms with E-state index in [0.29, 0.717) is 6.04 Å². The Hall–Kier alpha value is -0.820. The Balaban J connectivity index is 1.61. The van der Waals surface area contributed by atoms with Crippen molar-refractivity contribution in [1.29, 1.82) is 0 Å². The Labute approximate surface area is 130 Å². The third kappa shape index (κ3) is 3.88. The number of hydrogen-bond acceptors (Lipinski definition) is 1.